The van der Waals surface area contributed by atoms with Gasteiger partial charge in [-0.2, -0.15) is 0 Å². The summed E-state index contributed by atoms with van der Waals surface area (Å²) in [7, 11) is 0. The lowest BCUT2D eigenvalue weighted by Gasteiger charge is -2.29. The van der Waals surface area contributed by atoms with Crippen LogP contribution in [0.5, 0.6) is 0 Å². The average Bonchev–Trinajstić information content (AvgIpc) is 2.90. The molecule has 184 valence electrons. The Hall–Kier alpha value is -2.59. The summed E-state index contributed by atoms with van der Waals surface area (Å²) in [5, 5.41) is 1.62. The quantitative estimate of drug-likeness (QED) is 0.216. The first kappa shape index (κ1) is 25.5. The van der Waals surface area contributed by atoms with Crippen LogP contribution in [0.25, 0.3) is 10.8 Å². The smallest absolute Gasteiger partial charge is 0.146 e. The van der Waals surface area contributed by atoms with Crippen LogP contribution >= 0.6 is 0 Å². The van der Waals surface area contributed by atoms with Crippen LogP contribution in [0.4, 0.5) is 4.39 Å². The summed E-state index contributed by atoms with van der Waals surface area (Å²) in [6.07, 6.45) is 15.7. The number of fused-ring (bicyclic) bond motifs is 1. The van der Waals surface area contributed by atoms with E-state index in [1.54, 1.807) is 0 Å². The van der Waals surface area contributed by atoms with Gasteiger partial charge in [0.05, 0.1) is 5.56 Å². The van der Waals surface area contributed by atoms with E-state index < -0.39 is 0 Å². The molecule has 0 radical (unpaired) electrons. The zero-order chi connectivity index (χ0) is 24.5. The van der Waals surface area contributed by atoms with Gasteiger partial charge in [0.25, 0.3) is 0 Å². The molecule has 1 fully saturated rings. The minimum atomic E-state index is -0.208. The van der Waals surface area contributed by atoms with Crippen LogP contribution in [0.3, 0.4) is 0 Å². The molecule has 3 aromatic rings. The van der Waals surface area contributed by atoms with E-state index >= 15 is 4.39 Å². The molecule has 0 bridgehead atoms. The molecular weight excluding hydrogens is 427 g/mol. The van der Waals surface area contributed by atoms with E-state index in [0.717, 1.165) is 29.7 Å². The van der Waals surface area contributed by atoms with Gasteiger partial charge in [0, 0.05) is 10.9 Å². The maximum Gasteiger partial charge on any atom is 0.146 e. The summed E-state index contributed by atoms with van der Waals surface area (Å²) >= 11 is 0. The fraction of sp³-hybridized carbons (Fsp3) is 0.471. The lowest BCUT2D eigenvalue weighted by Crippen LogP contribution is -2.13. The summed E-state index contributed by atoms with van der Waals surface area (Å²) in [4.78, 5) is 0. The van der Waals surface area contributed by atoms with Crippen molar-refractivity contribution >= 4 is 10.8 Å². The number of benzene rings is 3. The zero-order valence-corrected chi connectivity index (χ0v) is 21.7. The monoisotopic (exact) mass is 468 g/mol. The second-order valence-electron chi connectivity index (χ2n) is 10.5. The maximum atomic E-state index is 15.1. The van der Waals surface area contributed by atoms with Crippen molar-refractivity contribution in [3.8, 4) is 11.8 Å². The predicted molar refractivity (Wildman–Crippen MR) is 148 cm³/mol. The molecule has 0 saturated heterocycles. The maximum absolute atomic E-state index is 15.1. The van der Waals surface area contributed by atoms with Crippen LogP contribution < -0.4 is 0 Å². The summed E-state index contributed by atoms with van der Waals surface area (Å²) in [5.41, 5.74) is 4.14. The normalized spacial score (nSPS) is 17.8. The number of rotatable bonds is 9. The fourth-order valence-electron chi connectivity index (χ4n) is 5.60. The van der Waals surface area contributed by atoms with E-state index in [4.69, 9.17) is 0 Å². The zero-order valence-electron chi connectivity index (χ0n) is 21.7. The van der Waals surface area contributed by atoms with Crippen molar-refractivity contribution in [1.29, 1.82) is 0 Å². The van der Waals surface area contributed by atoms with Crippen molar-refractivity contribution in [2.24, 2.45) is 5.92 Å². The molecule has 0 unspecified atom stereocenters. The SMILES string of the molecule is CCCCCCC1CCC(c2ccc(C#Cc3ccc4cc(CCCC)ccc4c3F)cc2)CC1. The van der Waals surface area contributed by atoms with Gasteiger partial charge in [-0.25, -0.2) is 4.39 Å². The van der Waals surface area contributed by atoms with Crippen LogP contribution in [0.15, 0.2) is 54.6 Å². The molecule has 0 nitrogen and oxygen atoms in total. The van der Waals surface area contributed by atoms with E-state index in [1.807, 2.05) is 18.2 Å². The van der Waals surface area contributed by atoms with Crippen LogP contribution in [-0.2, 0) is 6.42 Å². The van der Waals surface area contributed by atoms with E-state index in [1.165, 1.54) is 75.3 Å². The number of hydrogen-bond acceptors (Lipinski definition) is 0. The molecule has 0 spiro atoms. The van der Waals surface area contributed by atoms with Crippen LogP contribution in [0.2, 0.25) is 0 Å². The van der Waals surface area contributed by atoms with Gasteiger partial charge in [-0.1, -0.05) is 101 Å². The summed E-state index contributed by atoms with van der Waals surface area (Å²) < 4.78 is 15.1. The lowest BCUT2D eigenvalue weighted by atomic mass is 9.77. The predicted octanol–water partition coefficient (Wildman–Crippen LogP) is 9.97. The van der Waals surface area contributed by atoms with Gasteiger partial charge in [0.1, 0.15) is 5.82 Å². The Bertz CT molecular complexity index is 1140. The van der Waals surface area contributed by atoms with Crippen molar-refractivity contribution in [2.45, 2.75) is 96.8 Å². The minimum absolute atomic E-state index is 0.208. The third kappa shape index (κ3) is 6.98. The van der Waals surface area contributed by atoms with Gasteiger partial charge in [-0.05, 0) is 85.1 Å². The van der Waals surface area contributed by atoms with E-state index in [2.05, 4.69) is 62.1 Å². The topological polar surface area (TPSA) is 0 Å². The molecule has 3 aromatic carbocycles. The number of unbranched alkanes of at least 4 members (excludes halogenated alkanes) is 4. The Kier molecular flexibility index (Phi) is 9.42. The Labute approximate surface area is 212 Å². The van der Waals surface area contributed by atoms with E-state index in [9.17, 15) is 0 Å². The van der Waals surface area contributed by atoms with Crippen LogP contribution in [-0.4, -0.2) is 0 Å². The van der Waals surface area contributed by atoms with E-state index in [0.29, 0.717) is 16.9 Å². The average molecular weight is 469 g/mol. The first-order valence-corrected chi connectivity index (χ1v) is 14.0. The highest BCUT2D eigenvalue weighted by atomic mass is 19.1. The van der Waals surface area contributed by atoms with Crippen LogP contribution in [0.1, 0.15) is 113 Å². The molecule has 4 rings (SSSR count). The van der Waals surface area contributed by atoms with Gasteiger partial charge >= 0.3 is 0 Å². The minimum Gasteiger partial charge on any atom is -0.205 e. The summed E-state index contributed by atoms with van der Waals surface area (Å²) in [6, 6.07) is 18.6. The fourth-order valence-corrected chi connectivity index (χ4v) is 5.60. The molecule has 1 saturated carbocycles. The van der Waals surface area contributed by atoms with Gasteiger partial charge < -0.3 is 0 Å². The number of hydrogen-bond donors (Lipinski definition) is 0. The standard InChI is InChI=1S/C34H41F/c1-3-5-7-8-10-26-11-17-29(18-12-26)30-19-13-27(14-20-30)15-21-31-22-23-32-25-28(9-6-4-2)16-24-33(32)34(31)35/h13-14,16,19-20,22-26,29H,3-12,17-18H2,1-2H3. The molecule has 0 aromatic heterocycles. The first-order chi connectivity index (χ1) is 17.2. The van der Waals surface area contributed by atoms with Crippen LogP contribution in [0, 0.1) is 23.6 Å². The van der Waals surface area contributed by atoms with Gasteiger partial charge in [-0.3, -0.25) is 0 Å². The number of aryl methyl sites for hydroxylation is 1. The highest BCUT2D eigenvalue weighted by Gasteiger charge is 2.21. The third-order valence-electron chi connectivity index (χ3n) is 7.87. The van der Waals surface area contributed by atoms with Crippen molar-refractivity contribution in [3.63, 3.8) is 0 Å². The molecular formula is C34H41F. The van der Waals surface area contributed by atoms with Crippen molar-refractivity contribution in [1.82, 2.24) is 0 Å². The third-order valence-corrected chi connectivity index (χ3v) is 7.87. The highest BCUT2D eigenvalue weighted by Crippen LogP contribution is 2.37. The second kappa shape index (κ2) is 12.9. The highest BCUT2D eigenvalue weighted by molar-refractivity contribution is 5.85. The molecule has 0 amide bonds. The Morgan fingerprint density at radius 1 is 0.771 bits per heavy atom. The first-order valence-electron chi connectivity index (χ1n) is 14.0. The van der Waals surface area contributed by atoms with Gasteiger partial charge in [0.2, 0.25) is 0 Å². The lowest BCUT2D eigenvalue weighted by molar-refractivity contribution is 0.302. The molecule has 1 aliphatic carbocycles. The molecule has 0 heterocycles. The molecule has 0 aliphatic heterocycles. The van der Waals surface area contributed by atoms with Gasteiger partial charge in [-0.15, -0.1) is 0 Å². The molecule has 1 heteroatoms. The van der Waals surface area contributed by atoms with Crippen molar-refractivity contribution < 1.29 is 4.39 Å². The van der Waals surface area contributed by atoms with Crippen molar-refractivity contribution in [3.05, 3.63) is 82.7 Å². The molecule has 35 heavy (non-hydrogen) atoms. The Morgan fingerprint density at radius 2 is 1.54 bits per heavy atom. The summed E-state index contributed by atoms with van der Waals surface area (Å²) in [6.45, 7) is 4.48. The number of halogens is 1. The Balaban J connectivity index is 1.36. The van der Waals surface area contributed by atoms with Gasteiger partial charge in [0.15, 0.2) is 0 Å². The largest absolute Gasteiger partial charge is 0.205 e. The van der Waals surface area contributed by atoms with Crippen molar-refractivity contribution in [2.75, 3.05) is 0 Å². The molecule has 1 aliphatic rings. The second-order valence-corrected chi connectivity index (χ2v) is 10.5. The van der Waals surface area contributed by atoms with E-state index in [-0.39, 0.29) is 5.82 Å². The summed E-state index contributed by atoms with van der Waals surface area (Å²) in [5.74, 6) is 7.68. The molecule has 0 atom stereocenters. The molecule has 0 N–H and O–H groups in total. The Morgan fingerprint density at radius 3 is 2.29 bits per heavy atom.